The average Bonchev–Trinajstić information content (AvgIpc) is 1.83. The molecule has 0 unspecified atom stereocenters. The quantitative estimate of drug-likeness (QED) is 0.529. The Morgan fingerprint density at radius 1 is 1.62 bits per heavy atom. The van der Waals surface area contributed by atoms with Gasteiger partial charge in [-0.2, -0.15) is 0 Å². The zero-order valence-electron chi connectivity index (χ0n) is 5.44. The smallest absolute Gasteiger partial charge is 0.0465 e. The molecule has 46 valence electrons. The normalized spacial score (nSPS) is 11.9. The third-order valence-corrected chi connectivity index (χ3v) is 0.939. The van der Waals surface area contributed by atoms with Crippen molar-refractivity contribution in [1.82, 2.24) is 0 Å². The van der Waals surface area contributed by atoms with Crippen LogP contribution in [0.15, 0.2) is 0 Å². The Labute approximate surface area is 50.7 Å². The lowest BCUT2D eigenvalue weighted by Gasteiger charge is -1.98. The summed E-state index contributed by atoms with van der Waals surface area (Å²) in [6.45, 7) is 4.03. The Kier molecular flexibility index (Phi) is 4.39. The van der Waals surface area contributed by atoms with Gasteiger partial charge >= 0.3 is 0 Å². The molecular formula is C7H12O. The van der Waals surface area contributed by atoms with Crippen molar-refractivity contribution in [2.75, 3.05) is 6.61 Å². The van der Waals surface area contributed by atoms with Crippen molar-refractivity contribution in [2.24, 2.45) is 5.92 Å². The molecule has 0 aromatic rings. The molecule has 1 heteroatoms. The van der Waals surface area contributed by atoms with Crippen LogP contribution in [-0.2, 0) is 0 Å². The summed E-state index contributed by atoms with van der Waals surface area (Å²) in [6.07, 6.45) is 0.812. The Hall–Kier alpha value is -0.480. The maximum atomic E-state index is 8.49. The summed E-state index contributed by atoms with van der Waals surface area (Å²) in [4.78, 5) is 0. The molecule has 1 N–H and O–H groups in total. The molecule has 1 nitrogen and oxygen atoms in total. The molecule has 1 atom stereocenters. The molecule has 0 radical (unpaired) electrons. The molecule has 0 bridgehead atoms. The minimum Gasteiger partial charge on any atom is -0.396 e. The van der Waals surface area contributed by atoms with Gasteiger partial charge in [0.05, 0.1) is 0 Å². The highest BCUT2D eigenvalue weighted by Gasteiger charge is 1.93. The first kappa shape index (κ1) is 7.52. The molecule has 0 saturated carbocycles. The van der Waals surface area contributed by atoms with Crippen LogP contribution in [0.2, 0.25) is 0 Å². The largest absolute Gasteiger partial charge is 0.396 e. The fraction of sp³-hybridized carbons (Fsp3) is 0.714. The van der Waals surface area contributed by atoms with Crippen molar-refractivity contribution < 1.29 is 5.11 Å². The maximum absolute atomic E-state index is 8.49. The molecule has 0 heterocycles. The van der Waals surface area contributed by atoms with E-state index < -0.39 is 0 Å². The van der Waals surface area contributed by atoms with Crippen molar-refractivity contribution in [3.8, 4) is 11.8 Å². The predicted molar refractivity (Wildman–Crippen MR) is 34.3 cm³/mol. The first-order chi connectivity index (χ1) is 3.81. The van der Waals surface area contributed by atoms with Crippen LogP contribution in [0.4, 0.5) is 0 Å². The number of rotatable bonds is 2. The number of aliphatic hydroxyl groups is 1. The summed E-state index contributed by atoms with van der Waals surface area (Å²) in [5.74, 6) is 6.00. The van der Waals surface area contributed by atoms with E-state index in [1.165, 1.54) is 0 Å². The molecular weight excluding hydrogens is 100 g/mol. The molecule has 8 heavy (non-hydrogen) atoms. The second kappa shape index (κ2) is 4.67. The van der Waals surface area contributed by atoms with Crippen molar-refractivity contribution in [3.63, 3.8) is 0 Å². The van der Waals surface area contributed by atoms with Crippen molar-refractivity contribution in [2.45, 2.75) is 20.3 Å². The van der Waals surface area contributed by atoms with Gasteiger partial charge in [-0.15, -0.1) is 11.8 Å². The van der Waals surface area contributed by atoms with Gasteiger partial charge in [-0.1, -0.05) is 6.92 Å². The van der Waals surface area contributed by atoms with Crippen LogP contribution in [0.1, 0.15) is 20.3 Å². The third kappa shape index (κ3) is 3.70. The lowest BCUT2D eigenvalue weighted by atomic mass is 10.1. The molecule has 0 spiro atoms. The monoisotopic (exact) mass is 112 g/mol. The van der Waals surface area contributed by atoms with Gasteiger partial charge in [-0.25, -0.2) is 0 Å². The van der Waals surface area contributed by atoms with Crippen LogP contribution in [0.5, 0.6) is 0 Å². The van der Waals surface area contributed by atoms with E-state index in [1.54, 1.807) is 0 Å². The standard InChI is InChI=1S/C7H12O/c1-3-4-5-7(2)6-8/h7-8H,5-6H2,1-2H3/t7-/m0/s1. The van der Waals surface area contributed by atoms with Gasteiger partial charge in [-0.05, 0) is 12.8 Å². The summed E-state index contributed by atoms with van der Waals surface area (Å²) in [5.41, 5.74) is 0. The second-order valence-electron chi connectivity index (χ2n) is 1.92. The summed E-state index contributed by atoms with van der Waals surface area (Å²) in [6, 6.07) is 0. The van der Waals surface area contributed by atoms with Gasteiger partial charge in [0, 0.05) is 13.0 Å². The lowest BCUT2D eigenvalue weighted by Crippen LogP contribution is -1.97. The lowest BCUT2D eigenvalue weighted by molar-refractivity contribution is 0.240. The number of aliphatic hydroxyl groups excluding tert-OH is 1. The number of hydrogen-bond acceptors (Lipinski definition) is 1. The van der Waals surface area contributed by atoms with Crippen LogP contribution >= 0.6 is 0 Å². The van der Waals surface area contributed by atoms with Gasteiger partial charge in [-0.3, -0.25) is 0 Å². The Morgan fingerprint density at radius 2 is 2.25 bits per heavy atom. The summed E-state index contributed by atoms with van der Waals surface area (Å²) in [7, 11) is 0. The van der Waals surface area contributed by atoms with E-state index in [1.807, 2.05) is 13.8 Å². The Balaban J connectivity index is 3.19. The van der Waals surface area contributed by atoms with Crippen molar-refractivity contribution in [3.05, 3.63) is 0 Å². The molecule has 0 aliphatic carbocycles. The summed E-state index contributed by atoms with van der Waals surface area (Å²) < 4.78 is 0. The van der Waals surface area contributed by atoms with Crippen LogP contribution in [0.25, 0.3) is 0 Å². The zero-order chi connectivity index (χ0) is 6.41. The average molecular weight is 112 g/mol. The van der Waals surface area contributed by atoms with Gasteiger partial charge in [0.15, 0.2) is 0 Å². The highest BCUT2D eigenvalue weighted by molar-refractivity contribution is 4.95. The van der Waals surface area contributed by atoms with E-state index in [4.69, 9.17) is 5.11 Å². The van der Waals surface area contributed by atoms with Gasteiger partial charge in [0.2, 0.25) is 0 Å². The van der Waals surface area contributed by atoms with E-state index in [9.17, 15) is 0 Å². The maximum Gasteiger partial charge on any atom is 0.0465 e. The zero-order valence-corrected chi connectivity index (χ0v) is 5.44. The molecule has 0 aromatic heterocycles. The fourth-order valence-corrected chi connectivity index (χ4v) is 0.341. The third-order valence-electron chi connectivity index (χ3n) is 0.939. The van der Waals surface area contributed by atoms with E-state index in [0.717, 1.165) is 6.42 Å². The number of hydrogen-bond donors (Lipinski definition) is 1. The van der Waals surface area contributed by atoms with E-state index in [-0.39, 0.29) is 6.61 Å². The van der Waals surface area contributed by atoms with E-state index in [0.29, 0.717) is 5.92 Å². The molecule has 0 fully saturated rings. The van der Waals surface area contributed by atoms with Crippen LogP contribution in [0.3, 0.4) is 0 Å². The highest BCUT2D eigenvalue weighted by Crippen LogP contribution is 1.96. The first-order valence-corrected chi connectivity index (χ1v) is 2.81. The van der Waals surface area contributed by atoms with Crippen molar-refractivity contribution >= 4 is 0 Å². The summed E-state index contributed by atoms with van der Waals surface area (Å²) >= 11 is 0. The van der Waals surface area contributed by atoms with Crippen molar-refractivity contribution in [1.29, 1.82) is 0 Å². The second-order valence-corrected chi connectivity index (χ2v) is 1.92. The van der Waals surface area contributed by atoms with Gasteiger partial charge in [0.25, 0.3) is 0 Å². The van der Waals surface area contributed by atoms with Crippen LogP contribution in [-0.4, -0.2) is 11.7 Å². The molecule has 0 aliphatic heterocycles. The van der Waals surface area contributed by atoms with Crippen LogP contribution < -0.4 is 0 Å². The first-order valence-electron chi connectivity index (χ1n) is 2.81. The molecule has 0 aliphatic rings. The molecule has 0 rings (SSSR count). The highest BCUT2D eigenvalue weighted by atomic mass is 16.3. The van der Waals surface area contributed by atoms with Crippen LogP contribution in [0, 0.1) is 17.8 Å². The predicted octanol–water partition coefficient (Wildman–Crippen LogP) is 1.03. The topological polar surface area (TPSA) is 20.2 Å². The minimum absolute atomic E-state index is 0.245. The summed E-state index contributed by atoms with van der Waals surface area (Å²) in [5, 5.41) is 8.49. The van der Waals surface area contributed by atoms with Gasteiger partial charge in [0.1, 0.15) is 0 Å². The fourth-order valence-electron chi connectivity index (χ4n) is 0.341. The molecule has 0 aromatic carbocycles. The Bertz CT molecular complexity index is 96.7. The van der Waals surface area contributed by atoms with E-state index >= 15 is 0 Å². The van der Waals surface area contributed by atoms with Gasteiger partial charge < -0.3 is 5.11 Å². The SMILES string of the molecule is CC#CC[C@H](C)CO. The Morgan fingerprint density at radius 3 is 2.62 bits per heavy atom. The molecule has 0 saturated heterocycles. The molecule has 0 amide bonds. The minimum atomic E-state index is 0.245. The van der Waals surface area contributed by atoms with E-state index in [2.05, 4.69) is 11.8 Å².